The fourth-order valence-electron chi connectivity index (χ4n) is 2.83. The summed E-state index contributed by atoms with van der Waals surface area (Å²) in [6.07, 6.45) is -0.937. The second-order valence-electron chi connectivity index (χ2n) is 6.38. The molecule has 0 fully saturated rings. The molecule has 8 heteroatoms. The quantitative estimate of drug-likeness (QED) is 0.462. The Bertz CT molecular complexity index is 846. The first-order valence-corrected chi connectivity index (χ1v) is 9.29. The minimum atomic E-state index is -0.937. The van der Waals surface area contributed by atoms with Crippen LogP contribution in [0.15, 0.2) is 41.4 Å². The summed E-state index contributed by atoms with van der Waals surface area (Å²) >= 11 is 0. The molecule has 0 saturated carbocycles. The second kappa shape index (κ2) is 10.6. The van der Waals surface area contributed by atoms with Crippen LogP contribution in [0, 0.1) is 11.6 Å². The molecule has 0 saturated heterocycles. The van der Waals surface area contributed by atoms with Crippen LogP contribution in [0.25, 0.3) is 0 Å². The zero-order valence-electron chi connectivity index (χ0n) is 17.0. The molecule has 158 valence electrons. The Kier molecular flexibility index (Phi) is 8.21. The summed E-state index contributed by atoms with van der Waals surface area (Å²) in [7, 11) is 3.06. The molecule has 0 amide bonds. The van der Waals surface area contributed by atoms with E-state index in [0.717, 1.165) is 6.07 Å². The van der Waals surface area contributed by atoms with Crippen LogP contribution in [0.5, 0.6) is 11.5 Å². The molecule has 0 spiro atoms. The lowest BCUT2D eigenvalue weighted by Gasteiger charge is -2.20. The van der Waals surface area contributed by atoms with Gasteiger partial charge in [-0.1, -0.05) is 6.07 Å². The zero-order chi connectivity index (χ0) is 21.4. The van der Waals surface area contributed by atoms with E-state index in [1.165, 1.54) is 19.2 Å². The van der Waals surface area contributed by atoms with Crippen LogP contribution >= 0.6 is 0 Å². The van der Waals surface area contributed by atoms with Crippen LogP contribution in [0.2, 0.25) is 0 Å². The molecule has 0 radical (unpaired) electrons. The summed E-state index contributed by atoms with van der Waals surface area (Å²) in [5, 5.41) is 16.7. The number of methoxy groups -OCH3 is 2. The van der Waals surface area contributed by atoms with E-state index in [4.69, 9.17) is 9.47 Å². The highest BCUT2D eigenvalue weighted by Gasteiger charge is 2.16. The third-order valence-electron chi connectivity index (χ3n) is 4.34. The van der Waals surface area contributed by atoms with Gasteiger partial charge in [0.15, 0.2) is 5.96 Å². The van der Waals surface area contributed by atoms with Crippen molar-refractivity contribution in [2.45, 2.75) is 26.0 Å². The zero-order valence-corrected chi connectivity index (χ0v) is 17.0. The van der Waals surface area contributed by atoms with Gasteiger partial charge in [-0.25, -0.2) is 8.78 Å². The fraction of sp³-hybridized carbons (Fsp3) is 0.381. The molecule has 0 bridgehead atoms. The summed E-state index contributed by atoms with van der Waals surface area (Å²) in [4.78, 5) is 4.38. The molecule has 2 aromatic rings. The predicted octanol–water partition coefficient (Wildman–Crippen LogP) is 3.33. The second-order valence-corrected chi connectivity index (χ2v) is 6.38. The number of rotatable bonds is 8. The molecule has 3 N–H and O–H groups in total. The van der Waals surface area contributed by atoms with Crippen molar-refractivity contribution in [3.63, 3.8) is 0 Å². The van der Waals surface area contributed by atoms with Gasteiger partial charge < -0.3 is 25.2 Å². The van der Waals surface area contributed by atoms with Crippen molar-refractivity contribution in [1.29, 1.82) is 0 Å². The number of aliphatic imine (C=N–C) groups is 1. The van der Waals surface area contributed by atoms with E-state index in [9.17, 15) is 13.9 Å². The normalized spacial score (nSPS) is 13.6. The van der Waals surface area contributed by atoms with Gasteiger partial charge in [0, 0.05) is 23.7 Å². The number of hydrogen-bond acceptors (Lipinski definition) is 4. The largest absolute Gasteiger partial charge is 0.497 e. The Morgan fingerprint density at radius 1 is 1.10 bits per heavy atom. The van der Waals surface area contributed by atoms with Crippen molar-refractivity contribution in [3.8, 4) is 11.5 Å². The fourth-order valence-corrected chi connectivity index (χ4v) is 2.83. The molecule has 2 aromatic carbocycles. The molecule has 0 heterocycles. The Morgan fingerprint density at radius 3 is 2.48 bits per heavy atom. The molecule has 2 rings (SSSR count). The van der Waals surface area contributed by atoms with Crippen molar-refractivity contribution in [2.75, 3.05) is 27.3 Å². The number of aliphatic hydroxyl groups excluding tert-OH is 1. The number of benzene rings is 2. The lowest BCUT2D eigenvalue weighted by molar-refractivity contribution is 0.182. The number of halogens is 2. The Balaban J connectivity index is 2.16. The van der Waals surface area contributed by atoms with Crippen LogP contribution in [0.4, 0.5) is 8.78 Å². The first kappa shape index (κ1) is 22.4. The maximum absolute atomic E-state index is 14.0. The highest BCUT2D eigenvalue weighted by Crippen LogP contribution is 2.29. The summed E-state index contributed by atoms with van der Waals surface area (Å²) < 4.78 is 37.7. The van der Waals surface area contributed by atoms with Gasteiger partial charge in [0.1, 0.15) is 29.2 Å². The number of nitrogens with one attached hydrogen (secondary N) is 2. The van der Waals surface area contributed by atoms with Gasteiger partial charge in [-0.05, 0) is 38.1 Å². The SMILES string of the molecule is CCNC(=NCC(O)c1cc(OC)ccc1OC)NC(C)c1ccc(F)cc1F. The highest BCUT2D eigenvalue weighted by atomic mass is 19.1. The Morgan fingerprint density at radius 2 is 1.86 bits per heavy atom. The van der Waals surface area contributed by atoms with Crippen molar-refractivity contribution < 1.29 is 23.4 Å². The maximum atomic E-state index is 14.0. The smallest absolute Gasteiger partial charge is 0.191 e. The average Bonchev–Trinajstić information content (AvgIpc) is 2.71. The third kappa shape index (κ3) is 6.05. The van der Waals surface area contributed by atoms with Crippen molar-refractivity contribution >= 4 is 5.96 Å². The minimum Gasteiger partial charge on any atom is -0.497 e. The molecule has 0 aromatic heterocycles. The van der Waals surface area contributed by atoms with E-state index < -0.39 is 23.8 Å². The van der Waals surface area contributed by atoms with Crippen LogP contribution in [-0.2, 0) is 0 Å². The Hall–Kier alpha value is -2.87. The molecule has 0 aliphatic rings. The van der Waals surface area contributed by atoms with E-state index in [-0.39, 0.29) is 6.54 Å². The average molecular weight is 407 g/mol. The van der Waals surface area contributed by atoms with E-state index in [2.05, 4.69) is 15.6 Å². The summed E-state index contributed by atoms with van der Waals surface area (Å²) in [6.45, 7) is 4.24. The van der Waals surface area contributed by atoms with Crippen molar-refractivity contribution in [3.05, 3.63) is 59.2 Å². The number of ether oxygens (including phenoxy) is 2. The van der Waals surface area contributed by atoms with Crippen LogP contribution < -0.4 is 20.1 Å². The number of hydrogen-bond donors (Lipinski definition) is 3. The van der Waals surface area contributed by atoms with Crippen LogP contribution in [0.1, 0.15) is 37.1 Å². The van der Waals surface area contributed by atoms with E-state index in [1.54, 1.807) is 32.2 Å². The predicted molar refractivity (Wildman–Crippen MR) is 108 cm³/mol. The van der Waals surface area contributed by atoms with Gasteiger partial charge in [0.25, 0.3) is 0 Å². The number of guanidine groups is 1. The third-order valence-corrected chi connectivity index (χ3v) is 4.34. The van der Waals surface area contributed by atoms with E-state index >= 15 is 0 Å². The summed E-state index contributed by atoms with van der Waals surface area (Å²) in [5.41, 5.74) is 0.857. The first-order chi connectivity index (χ1) is 13.9. The highest BCUT2D eigenvalue weighted by molar-refractivity contribution is 5.80. The van der Waals surface area contributed by atoms with Crippen LogP contribution in [-0.4, -0.2) is 38.4 Å². The molecule has 0 aliphatic heterocycles. The first-order valence-electron chi connectivity index (χ1n) is 9.29. The lowest BCUT2D eigenvalue weighted by atomic mass is 10.1. The Labute approximate surface area is 169 Å². The molecule has 6 nitrogen and oxygen atoms in total. The van der Waals surface area contributed by atoms with Gasteiger partial charge in [-0.15, -0.1) is 0 Å². The van der Waals surface area contributed by atoms with Gasteiger partial charge in [0.05, 0.1) is 26.8 Å². The number of nitrogens with zero attached hydrogens (tertiary/aromatic N) is 1. The maximum Gasteiger partial charge on any atom is 0.191 e. The van der Waals surface area contributed by atoms with Crippen molar-refractivity contribution in [1.82, 2.24) is 10.6 Å². The molecule has 0 aliphatic carbocycles. The summed E-state index contributed by atoms with van der Waals surface area (Å²) in [6, 6.07) is 8.12. The number of aliphatic hydroxyl groups is 1. The van der Waals surface area contributed by atoms with Crippen LogP contribution in [0.3, 0.4) is 0 Å². The van der Waals surface area contributed by atoms with Gasteiger partial charge in [-0.2, -0.15) is 0 Å². The standard InChI is InChI=1S/C21H27F2N3O3/c1-5-24-21(26-13(2)16-8-6-14(22)10-18(16)23)25-12-19(27)17-11-15(28-3)7-9-20(17)29-4/h6-11,13,19,27H,5,12H2,1-4H3,(H2,24,25,26). The van der Waals surface area contributed by atoms with Gasteiger partial charge >= 0.3 is 0 Å². The molecule has 2 unspecified atom stereocenters. The van der Waals surface area contributed by atoms with Crippen molar-refractivity contribution in [2.24, 2.45) is 4.99 Å². The monoisotopic (exact) mass is 407 g/mol. The topological polar surface area (TPSA) is 75.1 Å². The molecular formula is C21H27F2N3O3. The molecular weight excluding hydrogens is 380 g/mol. The minimum absolute atomic E-state index is 0.0392. The molecule has 2 atom stereocenters. The van der Waals surface area contributed by atoms with E-state index in [0.29, 0.717) is 35.1 Å². The summed E-state index contributed by atoms with van der Waals surface area (Å²) in [5.74, 6) is 0.239. The van der Waals surface area contributed by atoms with Gasteiger partial charge in [0.2, 0.25) is 0 Å². The molecule has 29 heavy (non-hydrogen) atoms. The van der Waals surface area contributed by atoms with E-state index in [1.807, 2.05) is 6.92 Å². The van der Waals surface area contributed by atoms with Gasteiger partial charge in [-0.3, -0.25) is 4.99 Å². The lowest BCUT2D eigenvalue weighted by Crippen LogP contribution is -2.39.